The van der Waals surface area contributed by atoms with Crippen LogP contribution >= 0.6 is 0 Å². The summed E-state index contributed by atoms with van der Waals surface area (Å²) in [5.74, 6) is -0.681. The summed E-state index contributed by atoms with van der Waals surface area (Å²) in [5.41, 5.74) is 0.148. The molecule has 28 heavy (non-hydrogen) atoms. The SMILES string of the molecule is CC(C)(C)OC(=O)N1CCC(C(COCC(F)(F)F)c2ccc(F)cc2)CC1. The van der Waals surface area contributed by atoms with E-state index in [0.29, 0.717) is 25.9 Å². The maximum atomic E-state index is 13.2. The number of benzene rings is 1. The average Bonchev–Trinajstić information content (AvgIpc) is 2.58. The molecular weight excluding hydrogens is 378 g/mol. The first-order chi connectivity index (χ1) is 12.9. The van der Waals surface area contributed by atoms with Crippen LogP contribution in [-0.2, 0) is 9.47 Å². The highest BCUT2D eigenvalue weighted by atomic mass is 19.4. The van der Waals surface area contributed by atoms with Crippen molar-refractivity contribution in [3.63, 3.8) is 0 Å². The summed E-state index contributed by atoms with van der Waals surface area (Å²) in [6.07, 6.45) is -3.57. The number of halogens is 4. The van der Waals surface area contributed by atoms with Crippen LogP contribution in [0.1, 0.15) is 45.1 Å². The van der Waals surface area contributed by atoms with E-state index in [0.717, 1.165) is 5.56 Å². The van der Waals surface area contributed by atoms with Crippen molar-refractivity contribution in [1.29, 1.82) is 0 Å². The highest BCUT2D eigenvalue weighted by molar-refractivity contribution is 5.68. The predicted molar refractivity (Wildman–Crippen MR) is 96.5 cm³/mol. The van der Waals surface area contributed by atoms with E-state index in [1.54, 1.807) is 37.8 Å². The highest BCUT2D eigenvalue weighted by Crippen LogP contribution is 2.34. The number of amides is 1. The largest absolute Gasteiger partial charge is 0.444 e. The molecule has 8 heteroatoms. The third kappa shape index (κ3) is 7.30. The monoisotopic (exact) mass is 405 g/mol. The Hall–Kier alpha value is -1.83. The van der Waals surface area contributed by atoms with E-state index in [1.165, 1.54) is 12.1 Å². The van der Waals surface area contributed by atoms with Crippen LogP contribution < -0.4 is 0 Å². The van der Waals surface area contributed by atoms with Crippen molar-refractivity contribution in [2.75, 3.05) is 26.3 Å². The van der Waals surface area contributed by atoms with Gasteiger partial charge in [-0.25, -0.2) is 9.18 Å². The van der Waals surface area contributed by atoms with Crippen molar-refractivity contribution in [3.8, 4) is 0 Å². The molecule has 1 aromatic rings. The lowest BCUT2D eigenvalue weighted by Crippen LogP contribution is -2.43. The second-order valence-corrected chi connectivity index (χ2v) is 8.09. The van der Waals surface area contributed by atoms with Crippen molar-refractivity contribution < 1.29 is 31.8 Å². The van der Waals surface area contributed by atoms with Crippen LogP contribution in [0.15, 0.2) is 24.3 Å². The molecule has 1 heterocycles. The van der Waals surface area contributed by atoms with Gasteiger partial charge in [0, 0.05) is 19.0 Å². The van der Waals surface area contributed by atoms with E-state index in [9.17, 15) is 22.4 Å². The molecule has 0 radical (unpaired) electrons. The minimum Gasteiger partial charge on any atom is -0.444 e. The number of carbonyl (C=O) groups excluding carboxylic acids is 1. The van der Waals surface area contributed by atoms with E-state index in [1.807, 2.05) is 0 Å². The average molecular weight is 405 g/mol. The van der Waals surface area contributed by atoms with Crippen molar-refractivity contribution in [3.05, 3.63) is 35.6 Å². The van der Waals surface area contributed by atoms with E-state index in [4.69, 9.17) is 9.47 Å². The Morgan fingerprint density at radius 2 is 1.71 bits per heavy atom. The number of alkyl halides is 3. The van der Waals surface area contributed by atoms with Gasteiger partial charge in [-0.3, -0.25) is 0 Å². The molecule has 1 amide bonds. The van der Waals surface area contributed by atoms with Crippen LogP contribution in [-0.4, -0.2) is 49.1 Å². The zero-order chi connectivity index (χ0) is 20.9. The Morgan fingerprint density at radius 3 is 2.21 bits per heavy atom. The van der Waals surface area contributed by atoms with Crippen LogP contribution in [0, 0.1) is 11.7 Å². The summed E-state index contributed by atoms with van der Waals surface area (Å²) >= 11 is 0. The maximum absolute atomic E-state index is 13.2. The molecule has 158 valence electrons. The lowest BCUT2D eigenvalue weighted by molar-refractivity contribution is -0.176. The molecule has 0 bridgehead atoms. The first-order valence-corrected chi connectivity index (χ1v) is 9.32. The fraction of sp³-hybridized carbons (Fsp3) is 0.650. The quantitative estimate of drug-likeness (QED) is 0.637. The maximum Gasteiger partial charge on any atom is 0.411 e. The zero-order valence-corrected chi connectivity index (χ0v) is 16.4. The van der Waals surface area contributed by atoms with Gasteiger partial charge in [-0.05, 0) is 57.2 Å². The Balaban J connectivity index is 2.01. The molecule has 0 N–H and O–H groups in total. The van der Waals surface area contributed by atoms with Crippen LogP contribution in [0.4, 0.5) is 22.4 Å². The fourth-order valence-electron chi connectivity index (χ4n) is 3.33. The van der Waals surface area contributed by atoms with Crippen LogP contribution in [0.5, 0.6) is 0 Å². The van der Waals surface area contributed by atoms with Crippen LogP contribution in [0.25, 0.3) is 0 Å². The molecule has 1 saturated heterocycles. The minimum atomic E-state index is -4.40. The summed E-state index contributed by atoms with van der Waals surface area (Å²) < 4.78 is 60.9. The molecule has 1 atom stereocenters. The van der Waals surface area contributed by atoms with E-state index in [2.05, 4.69) is 0 Å². The molecule has 1 aliphatic rings. The molecular formula is C20H27F4NO3. The molecule has 1 fully saturated rings. The molecule has 1 aromatic carbocycles. The van der Waals surface area contributed by atoms with Crippen LogP contribution in [0.2, 0.25) is 0 Å². The van der Waals surface area contributed by atoms with E-state index < -0.39 is 30.3 Å². The van der Waals surface area contributed by atoms with Crippen molar-refractivity contribution >= 4 is 6.09 Å². The minimum absolute atomic E-state index is 0.0254. The normalized spacial score (nSPS) is 17.5. The van der Waals surface area contributed by atoms with Gasteiger partial charge >= 0.3 is 12.3 Å². The van der Waals surface area contributed by atoms with Gasteiger partial charge in [0.25, 0.3) is 0 Å². The van der Waals surface area contributed by atoms with Crippen molar-refractivity contribution in [1.82, 2.24) is 4.90 Å². The summed E-state index contributed by atoms with van der Waals surface area (Å²) in [6.45, 7) is 4.86. The Labute approximate surface area is 162 Å². The van der Waals surface area contributed by atoms with Gasteiger partial charge in [0.2, 0.25) is 0 Å². The van der Waals surface area contributed by atoms with Gasteiger partial charge in [-0.2, -0.15) is 13.2 Å². The molecule has 2 rings (SSSR count). The van der Waals surface area contributed by atoms with Crippen molar-refractivity contribution in [2.45, 2.75) is 51.3 Å². The fourth-order valence-corrected chi connectivity index (χ4v) is 3.33. The molecule has 1 unspecified atom stereocenters. The summed E-state index contributed by atoms with van der Waals surface area (Å²) in [4.78, 5) is 13.8. The molecule has 0 spiro atoms. The van der Waals surface area contributed by atoms with Gasteiger partial charge in [0.1, 0.15) is 18.0 Å². The number of carbonyl (C=O) groups is 1. The number of hydrogen-bond acceptors (Lipinski definition) is 3. The standard InChI is InChI=1S/C20H27F4NO3/c1-19(2,3)28-18(26)25-10-8-15(9-11-25)17(12-27-13-20(22,23)24)14-4-6-16(21)7-5-14/h4-7,15,17H,8-13H2,1-3H3. The van der Waals surface area contributed by atoms with Gasteiger partial charge in [-0.1, -0.05) is 12.1 Å². The number of ether oxygens (including phenoxy) is 2. The van der Waals surface area contributed by atoms with E-state index >= 15 is 0 Å². The number of rotatable bonds is 5. The molecule has 1 aliphatic heterocycles. The number of nitrogens with zero attached hydrogens (tertiary/aromatic N) is 1. The highest BCUT2D eigenvalue weighted by Gasteiger charge is 2.33. The second kappa shape index (κ2) is 9.11. The zero-order valence-electron chi connectivity index (χ0n) is 16.4. The Morgan fingerprint density at radius 1 is 1.14 bits per heavy atom. The number of piperidine rings is 1. The summed E-state index contributed by atoms with van der Waals surface area (Å²) in [7, 11) is 0. The summed E-state index contributed by atoms with van der Waals surface area (Å²) in [5, 5.41) is 0. The van der Waals surface area contributed by atoms with Gasteiger partial charge in [-0.15, -0.1) is 0 Å². The topological polar surface area (TPSA) is 38.8 Å². The first kappa shape index (κ1) is 22.5. The molecule has 0 aliphatic carbocycles. The summed E-state index contributed by atoms with van der Waals surface area (Å²) in [6, 6.07) is 5.75. The lowest BCUT2D eigenvalue weighted by Gasteiger charge is -2.37. The molecule has 0 saturated carbocycles. The van der Waals surface area contributed by atoms with Gasteiger partial charge in [0.05, 0.1) is 6.61 Å². The number of hydrogen-bond donors (Lipinski definition) is 0. The molecule has 0 aromatic heterocycles. The van der Waals surface area contributed by atoms with E-state index in [-0.39, 0.29) is 18.4 Å². The van der Waals surface area contributed by atoms with Crippen molar-refractivity contribution in [2.24, 2.45) is 5.92 Å². The molecule has 4 nitrogen and oxygen atoms in total. The van der Waals surface area contributed by atoms with Gasteiger partial charge < -0.3 is 14.4 Å². The van der Waals surface area contributed by atoms with Crippen LogP contribution in [0.3, 0.4) is 0 Å². The Bertz CT molecular complexity index is 632. The smallest absolute Gasteiger partial charge is 0.411 e. The van der Waals surface area contributed by atoms with Gasteiger partial charge in [0.15, 0.2) is 0 Å². The first-order valence-electron chi connectivity index (χ1n) is 9.32. The Kier molecular flexibility index (Phi) is 7.31. The third-order valence-corrected chi connectivity index (χ3v) is 4.62. The lowest BCUT2D eigenvalue weighted by atomic mass is 9.80. The predicted octanol–water partition coefficient (Wildman–Crippen LogP) is 5.14. The third-order valence-electron chi connectivity index (χ3n) is 4.62. The second-order valence-electron chi connectivity index (χ2n) is 8.09. The number of likely N-dealkylation sites (tertiary alicyclic amines) is 1.